The predicted octanol–water partition coefficient (Wildman–Crippen LogP) is 3.68. The molecule has 2 saturated heterocycles. The molecule has 0 aromatic heterocycles. The molecule has 5 heteroatoms. The van der Waals surface area contributed by atoms with Crippen LogP contribution in [-0.2, 0) is 27.4 Å². The van der Waals surface area contributed by atoms with Gasteiger partial charge in [0.15, 0.2) is 5.41 Å². The zero-order valence-electron chi connectivity index (χ0n) is 17.8. The standard InChI is InChI=1S/C26H27NO4/c1-16-12-20-15-31-25(29)26(20)23(17(16)2)22(27-24(26)28)13-18-8-10-21(11-9-18)30-14-19-6-4-3-5-7-19/h3-12,17,20,22-23H,13-15H2,1-2H3,(H,27,28)/t17-,20-,22+,23+,26-/m1/s1. The number of hydrogen-bond acceptors (Lipinski definition) is 4. The van der Waals surface area contributed by atoms with Crippen LogP contribution in [0, 0.1) is 23.2 Å². The van der Waals surface area contributed by atoms with Crippen molar-refractivity contribution in [3.05, 3.63) is 77.4 Å². The lowest BCUT2D eigenvalue weighted by Crippen LogP contribution is -2.49. The number of cyclic esters (lactones) is 1. The van der Waals surface area contributed by atoms with Gasteiger partial charge in [-0.2, -0.15) is 0 Å². The molecule has 5 rings (SSSR count). The summed E-state index contributed by atoms with van der Waals surface area (Å²) >= 11 is 0. The summed E-state index contributed by atoms with van der Waals surface area (Å²) in [6.45, 7) is 5.03. The highest BCUT2D eigenvalue weighted by Crippen LogP contribution is 2.56. The first kappa shape index (κ1) is 19.9. The van der Waals surface area contributed by atoms with Crippen molar-refractivity contribution in [1.82, 2.24) is 5.32 Å². The van der Waals surface area contributed by atoms with Crippen molar-refractivity contribution < 1.29 is 19.1 Å². The number of nitrogens with one attached hydrogen (secondary N) is 1. The van der Waals surface area contributed by atoms with Gasteiger partial charge in [0.25, 0.3) is 0 Å². The van der Waals surface area contributed by atoms with Gasteiger partial charge >= 0.3 is 5.97 Å². The summed E-state index contributed by atoms with van der Waals surface area (Å²) in [6, 6.07) is 18.0. The van der Waals surface area contributed by atoms with Crippen LogP contribution in [0.4, 0.5) is 0 Å². The minimum absolute atomic E-state index is 0.0981. The quantitative estimate of drug-likeness (QED) is 0.458. The van der Waals surface area contributed by atoms with Crippen molar-refractivity contribution in [2.75, 3.05) is 6.61 Å². The van der Waals surface area contributed by atoms with Crippen LogP contribution < -0.4 is 10.1 Å². The molecular formula is C26H27NO4. The third kappa shape index (κ3) is 3.14. The number of esters is 1. The number of allylic oxidation sites excluding steroid dienone is 1. The Morgan fingerprint density at radius 1 is 1.06 bits per heavy atom. The number of benzene rings is 2. The fraction of sp³-hybridized carbons (Fsp3) is 0.385. The van der Waals surface area contributed by atoms with Crippen LogP contribution in [0.15, 0.2) is 66.2 Å². The second kappa shape index (κ2) is 7.56. The fourth-order valence-electron chi connectivity index (χ4n) is 5.63. The second-order valence-electron chi connectivity index (χ2n) is 9.00. The number of rotatable bonds is 5. The fourth-order valence-corrected chi connectivity index (χ4v) is 5.63. The lowest BCUT2D eigenvalue weighted by Gasteiger charge is -2.39. The number of hydrogen-bond donors (Lipinski definition) is 1. The molecule has 0 bridgehead atoms. The average molecular weight is 418 g/mol. The molecule has 2 fully saturated rings. The molecule has 1 N–H and O–H groups in total. The molecule has 160 valence electrons. The molecule has 1 aliphatic carbocycles. The molecule has 2 aliphatic heterocycles. The van der Waals surface area contributed by atoms with Crippen LogP contribution in [0.2, 0.25) is 0 Å². The molecule has 0 unspecified atom stereocenters. The Morgan fingerprint density at radius 2 is 1.81 bits per heavy atom. The average Bonchev–Trinajstić information content (AvgIpc) is 3.26. The van der Waals surface area contributed by atoms with Crippen molar-refractivity contribution >= 4 is 11.9 Å². The Balaban J connectivity index is 1.33. The Labute approximate surface area is 182 Å². The molecule has 2 aromatic carbocycles. The molecule has 3 aliphatic rings. The van der Waals surface area contributed by atoms with Gasteiger partial charge in [0, 0.05) is 17.9 Å². The number of carbonyl (C=O) groups is 2. The van der Waals surface area contributed by atoms with E-state index < -0.39 is 5.41 Å². The Hall–Kier alpha value is -3.08. The first-order chi connectivity index (χ1) is 15.0. The Kier molecular flexibility index (Phi) is 4.84. The lowest BCUT2D eigenvalue weighted by atomic mass is 9.58. The predicted molar refractivity (Wildman–Crippen MR) is 116 cm³/mol. The van der Waals surface area contributed by atoms with Crippen LogP contribution in [0.3, 0.4) is 0 Å². The minimum Gasteiger partial charge on any atom is -0.489 e. The minimum atomic E-state index is -1.07. The van der Waals surface area contributed by atoms with E-state index in [1.807, 2.05) is 54.6 Å². The number of carbonyl (C=O) groups excluding carboxylic acids is 2. The van der Waals surface area contributed by atoms with Gasteiger partial charge in [0.05, 0.1) is 6.61 Å². The first-order valence-electron chi connectivity index (χ1n) is 10.9. The summed E-state index contributed by atoms with van der Waals surface area (Å²) in [5.41, 5.74) is 2.40. The van der Waals surface area contributed by atoms with E-state index in [4.69, 9.17) is 9.47 Å². The summed E-state index contributed by atoms with van der Waals surface area (Å²) in [5.74, 6) is 0.151. The Morgan fingerprint density at radius 3 is 2.55 bits per heavy atom. The summed E-state index contributed by atoms with van der Waals surface area (Å²) in [4.78, 5) is 25.9. The highest BCUT2D eigenvalue weighted by molar-refractivity contribution is 6.07. The zero-order valence-corrected chi connectivity index (χ0v) is 17.8. The summed E-state index contributed by atoms with van der Waals surface area (Å²) in [5, 5.41) is 3.14. The summed E-state index contributed by atoms with van der Waals surface area (Å²) in [6.07, 6.45) is 2.75. The molecule has 0 radical (unpaired) electrons. The molecule has 0 saturated carbocycles. The third-order valence-corrected chi connectivity index (χ3v) is 7.32. The first-order valence-corrected chi connectivity index (χ1v) is 10.9. The molecule has 5 atom stereocenters. The van der Waals surface area contributed by atoms with Crippen molar-refractivity contribution in [3.63, 3.8) is 0 Å². The molecular weight excluding hydrogens is 390 g/mol. The molecule has 5 nitrogen and oxygen atoms in total. The van der Waals surface area contributed by atoms with Crippen LogP contribution in [0.25, 0.3) is 0 Å². The molecule has 2 heterocycles. The zero-order chi connectivity index (χ0) is 21.6. The van der Waals surface area contributed by atoms with E-state index in [2.05, 4.69) is 25.2 Å². The normalized spacial score (nSPS) is 31.4. The van der Waals surface area contributed by atoms with Crippen molar-refractivity contribution in [1.29, 1.82) is 0 Å². The van der Waals surface area contributed by atoms with E-state index in [1.54, 1.807) is 0 Å². The van der Waals surface area contributed by atoms with E-state index in [-0.39, 0.29) is 35.7 Å². The van der Waals surface area contributed by atoms with E-state index >= 15 is 0 Å². The van der Waals surface area contributed by atoms with Crippen LogP contribution in [0.5, 0.6) is 5.75 Å². The topological polar surface area (TPSA) is 64.6 Å². The van der Waals surface area contributed by atoms with Gasteiger partial charge in [-0.15, -0.1) is 0 Å². The third-order valence-electron chi connectivity index (χ3n) is 7.32. The monoisotopic (exact) mass is 417 g/mol. The smallest absolute Gasteiger partial charge is 0.322 e. The highest BCUT2D eigenvalue weighted by atomic mass is 16.5. The number of ether oxygens (including phenoxy) is 2. The van der Waals surface area contributed by atoms with E-state index in [9.17, 15) is 9.59 Å². The molecule has 1 spiro atoms. The van der Waals surface area contributed by atoms with Gasteiger partial charge in [0.1, 0.15) is 12.4 Å². The van der Waals surface area contributed by atoms with E-state index in [0.717, 1.165) is 16.9 Å². The number of amides is 1. The molecule has 2 aromatic rings. The highest BCUT2D eigenvalue weighted by Gasteiger charge is 2.69. The van der Waals surface area contributed by atoms with Gasteiger partial charge in [-0.3, -0.25) is 9.59 Å². The van der Waals surface area contributed by atoms with Gasteiger partial charge in [-0.05, 0) is 42.5 Å². The lowest BCUT2D eigenvalue weighted by molar-refractivity contribution is -0.154. The maximum atomic E-state index is 13.1. The van der Waals surface area contributed by atoms with Crippen LogP contribution in [-0.4, -0.2) is 24.5 Å². The summed E-state index contributed by atoms with van der Waals surface area (Å²) < 4.78 is 11.3. The van der Waals surface area contributed by atoms with E-state index in [1.165, 1.54) is 5.57 Å². The SMILES string of the molecule is CC1=C[C@@H]2COC(=O)[C@]23C(=O)N[C@@H](Cc2ccc(OCc4ccccc4)cc2)[C@@H]3[C@@H]1C. The van der Waals surface area contributed by atoms with Crippen LogP contribution >= 0.6 is 0 Å². The van der Waals surface area contributed by atoms with Gasteiger partial charge < -0.3 is 14.8 Å². The Bertz CT molecular complexity index is 1030. The van der Waals surface area contributed by atoms with E-state index in [0.29, 0.717) is 19.6 Å². The van der Waals surface area contributed by atoms with Gasteiger partial charge in [0.2, 0.25) is 5.91 Å². The van der Waals surface area contributed by atoms with Crippen LogP contribution in [0.1, 0.15) is 25.0 Å². The maximum absolute atomic E-state index is 13.1. The second-order valence-corrected chi connectivity index (χ2v) is 9.00. The van der Waals surface area contributed by atoms with Crippen molar-refractivity contribution in [2.45, 2.75) is 32.9 Å². The van der Waals surface area contributed by atoms with Gasteiger partial charge in [-0.1, -0.05) is 61.0 Å². The summed E-state index contributed by atoms with van der Waals surface area (Å²) in [7, 11) is 0. The molecule has 31 heavy (non-hydrogen) atoms. The maximum Gasteiger partial charge on any atom is 0.322 e. The van der Waals surface area contributed by atoms with Gasteiger partial charge in [-0.25, -0.2) is 0 Å². The van der Waals surface area contributed by atoms with Crippen molar-refractivity contribution in [2.24, 2.45) is 23.2 Å². The largest absolute Gasteiger partial charge is 0.489 e. The van der Waals surface area contributed by atoms with Crippen molar-refractivity contribution in [3.8, 4) is 5.75 Å². The molecule has 1 amide bonds.